The lowest BCUT2D eigenvalue weighted by Gasteiger charge is -2.11. The summed E-state index contributed by atoms with van der Waals surface area (Å²) in [6, 6.07) is 0. The summed E-state index contributed by atoms with van der Waals surface area (Å²) in [6.45, 7) is 3.52. The lowest BCUT2D eigenvalue weighted by Crippen LogP contribution is -2.21. The van der Waals surface area contributed by atoms with Gasteiger partial charge in [-0.25, -0.2) is 9.36 Å². The van der Waals surface area contributed by atoms with E-state index in [1.165, 1.54) is 0 Å². The molecule has 0 rings (SSSR count). The fourth-order valence-electron chi connectivity index (χ4n) is 0.632. The summed E-state index contributed by atoms with van der Waals surface area (Å²) in [5, 5.41) is 8.48. The van der Waals surface area contributed by atoms with Crippen molar-refractivity contribution in [3.8, 4) is 0 Å². The number of nitrogens with two attached hydrogens (primary N) is 1. The first kappa shape index (κ1) is 11.2. The Morgan fingerprint density at radius 3 is 2.67 bits per heavy atom. The Balaban J connectivity index is 4.17. The average Bonchev–Trinajstić information content (AvgIpc) is 2.03. The van der Waals surface area contributed by atoms with Gasteiger partial charge in [0.2, 0.25) is 0 Å². The molecule has 6 heteroatoms. The van der Waals surface area contributed by atoms with Crippen LogP contribution in [0.1, 0.15) is 6.42 Å². The van der Waals surface area contributed by atoms with Gasteiger partial charge in [-0.3, -0.25) is 4.52 Å². The molecule has 0 aliphatic heterocycles. The van der Waals surface area contributed by atoms with Crippen molar-refractivity contribution in [2.24, 2.45) is 5.73 Å². The largest absolute Gasteiger partial charge is 0.478 e. The number of rotatable bonds is 6. The van der Waals surface area contributed by atoms with Crippen LogP contribution in [0.3, 0.4) is 0 Å². The van der Waals surface area contributed by atoms with Gasteiger partial charge in [-0.15, -0.1) is 0 Å². The second kappa shape index (κ2) is 5.83. The maximum atomic E-state index is 10.4. The van der Waals surface area contributed by atoms with E-state index in [9.17, 15) is 9.36 Å². The molecular formula is C6H10NO4P. The van der Waals surface area contributed by atoms with Gasteiger partial charge in [0.15, 0.2) is 0 Å². The Morgan fingerprint density at radius 1 is 1.75 bits per heavy atom. The van der Waals surface area contributed by atoms with Gasteiger partial charge in [-0.1, -0.05) is 6.58 Å². The van der Waals surface area contributed by atoms with Crippen LogP contribution in [0.5, 0.6) is 0 Å². The third kappa shape index (κ3) is 3.57. The molecule has 0 bridgehead atoms. The highest BCUT2D eigenvalue weighted by Gasteiger charge is 2.18. The second-order valence-electron chi connectivity index (χ2n) is 2.08. The molecule has 1 unspecified atom stereocenters. The Hall–Kier alpha value is -0.770. The normalized spacial score (nSPS) is 12.8. The highest BCUT2D eigenvalue weighted by Crippen LogP contribution is 2.14. The summed E-state index contributed by atoms with van der Waals surface area (Å²) >= 11 is 0. The zero-order valence-corrected chi connectivity index (χ0v) is 7.29. The van der Waals surface area contributed by atoms with Crippen LogP contribution in [-0.4, -0.2) is 23.7 Å². The number of carboxylic acid groups (broad SMARTS) is 1. The third-order valence-corrected chi connectivity index (χ3v) is 1.60. The van der Waals surface area contributed by atoms with Crippen molar-refractivity contribution in [1.29, 1.82) is 0 Å². The lowest BCUT2D eigenvalue weighted by atomic mass is 10.1. The van der Waals surface area contributed by atoms with Gasteiger partial charge in [0.05, 0.1) is 5.57 Å². The van der Waals surface area contributed by atoms with Crippen LogP contribution < -0.4 is 5.73 Å². The predicted octanol–water partition coefficient (Wildman–Crippen LogP) is 0.568. The fourth-order valence-corrected chi connectivity index (χ4v) is 0.968. The smallest absolute Gasteiger partial charge is 0.333 e. The molecule has 1 atom stereocenters. The number of aliphatic carboxylic acids is 1. The van der Waals surface area contributed by atoms with E-state index in [0.717, 1.165) is 0 Å². The van der Waals surface area contributed by atoms with Crippen molar-refractivity contribution in [2.45, 2.75) is 12.5 Å². The SMILES string of the molecule is C=C(C(=O)O)C(CCN)OP=O. The van der Waals surface area contributed by atoms with Gasteiger partial charge in [-0.05, 0) is 13.0 Å². The molecule has 68 valence electrons. The highest BCUT2D eigenvalue weighted by atomic mass is 31.1. The van der Waals surface area contributed by atoms with Crippen LogP contribution in [0, 0.1) is 0 Å². The maximum absolute atomic E-state index is 10.4. The molecule has 5 nitrogen and oxygen atoms in total. The number of carboxylic acids is 1. The molecule has 12 heavy (non-hydrogen) atoms. The van der Waals surface area contributed by atoms with Crippen molar-refractivity contribution in [2.75, 3.05) is 6.54 Å². The van der Waals surface area contributed by atoms with E-state index in [1.807, 2.05) is 0 Å². The van der Waals surface area contributed by atoms with Gasteiger partial charge >= 0.3 is 14.7 Å². The Kier molecular flexibility index (Phi) is 5.45. The molecule has 0 spiro atoms. The standard InChI is InChI=1S/C6H10NO4P/c1-4(6(8)9)5(2-3-7)11-12-10/h5H,1-3,7H2,(H,8,9). The van der Waals surface area contributed by atoms with Crippen LogP contribution in [0.2, 0.25) is 0 Å². The van der Waals surface area contributed by atoms with Crippen LogP contribution in [0.25, 0.3) is 0 Å². The minimum absolute atomic E-state index is 0.135. The van der Waals surface area contributed by atoms with E-state index in [0.29, 0.717) is 6.42 Å². The van der Waals surface area contributed by atoms with Crippen molar-refractivity contribution < 1.29 is 19.0 Å². The van der Waals surface area contributed by atoms with E-state index >= 15 is 0 Å². The predicted molar refractivity (Wildman–Crippen MR) is 42.9 cm³/mol. The molecule has 0 saturated heterocycles. The topological polar surface area (TPSA) is 89.6 Å². The van der Waals surface area contributed by atoms with E-state index in [4.69, 9.17) is 10.8 Å². The third-order valence-electron chi connectivity index (χ3n) is 1.26. The first-order chi connectivity index (χ1) is 5.63. The summed E-state index contributed by atoms with van der Waals surface area (Å²) in [5.74, 6) is -1.17. The first-order valence-electron chi connectivity index (χ1n) is 3.24. The first-order valence-corrected chi connectivity index (χ1v) is 3.97. The lowest BCUT2D eigenvalue weighted by molar-refractivity contribution is -0.133. The van der Waals surface area contributed by atoms with Gasteiger partial charge in [0.25, 0.3) is 0 Å². The molecule has 0 amide bonds. The van der Waals surface area contributed by atoms with Gasteiger partial charge in [-0.2, -0.15) is 0 Å². The fraction of sp³-hybridized carbons (Fsp3) is 0.500. The Labute approximate surface area is 71.5 Å². The second-order valence-corrected chi connectivity index (χ2v) is 2.44. The minimum Gasteiger partial charge on any atom is -0.478 e. The molecule has 0 fully saturated rings. The van der Waals surface area contributed by atoms with Crippen molar-refractivity contribution in [3.05, 3.63) is 12.2 Å². The van der Waals surface area contributed by atoms with Crippen LogP contribution in [0.4, 0.5) is 0 Å². The zero-order chi connectivity index (χ0) is 9.56. The van der Waals surface area contributed by atoms with Crippen molar-refractivity contribution >= 4 is 14.7 Å². The van der Waals surface area contributed by atoms with Crippen LogP contribution in [-0.2, 0) is 13.9 Å². The Morgan fingerprint density at radius 2 is 2.33 bits per heavy atom. The number of hydrogen-bond acceptors (Lipinski definition) is 4. The van der Waals surface area contributed by atoms with Crippen molar-refractivity contribution in [3.63, 3.8) is 0 Å². The number of hydrogen-bond donors (Lipinski definition) is 2. The van der Waals surface area contributed by atoms with E-state index in [-0.39, 0.29) is 12.1 Å². The minimum atomic E-state index is -1.17. The average molecular weight is 191 g/mol. The summed E-state index contributed by atoms with van der Waals surface area (Å²) in [4.78, 5) is 10.4. The molecule has 0 aliphatic rings. The van der Waals surface area contributed by atoms with E-state index < -0.39 is 20.8 Å². The zero-order valence-electron chi connectivity index (χ0n) is 6.40. The van der Waals surface area contributed by atoms with Gasteiger partial charge in [0, 0.05) is 0 Å². The summed E-state index contributed by atoms with van der Waals surface area (Å²) in [5.41, 5.74) is 5.04. The monoisotopic (exact) mass is 191 g/mol. The van der Waals surface area contributed by atoms with E-state index in [1.54, 1.807) is 0 Å². The molecule has 0 radical (unpaired) electrons. The van der Waals surface area contributed by atoms with Crippen LogP contribution >= 0.6 is 8.69 Å². The maximum Gasteiger partial charge on any atom is 0.333 e. The molecule has 0 aromatic rings. The molecular weight excluding hydrogens is 181 g/mol. The molecule has 0 saturated carbocycles. The van der Waals surface area contributed by atoms with Crippen LogP contribution in [0.15, 0.2) is 12.2 Å². The van der Waals surface area contributed by atoms with Gasteiger partial charge < -0.3 is 10.8 Å². The molecule has 3 N–H and O–H groups in total. The van der Waals surface area contributed by atoms with Crippen molar-refractivity contribution in [1.82, 2.24) is 0 Å². The van der Waals surface area contributed by atoms with Gasteiger partial charge in [0.1, 0.15) is 6.10 Å². The number of carbonyl (C=O) groups is 1. The molecule has 0 aliphatic carbocycles. The van der Waals surface area contributed by atoms with E-state index in [2.05, 4.69) is 11.1 Å². The summed E-state index contributed by atoms with van der Waals surface area (Å²) in [7, 11) is -0.565. The molecule has 0 aromatic heterocycles. The summed E-state index contributed by atoms with van der Waals surface area (Å²) < 4.78 is 14.6. The summed E-state index contributed by atoms with van der Waals surface area (Å²) in [6.07, 6.45) is -0.480. The quantitative estimate of drug-likeness (QED) is 0.473. The molecule has 0 aromatic carbocycles. The highest BCUT2D eigenvalue weighted by molar-refractivity contribution is 7.17. The molecule has 0 heterocycles. The Bertz CT molecular complexity index is 194.